The zero-order chi connectivity index (χ0) is 18.3. The molecule has 132 valence electrons. The maximum absolute atomic E-state index is 12.3. The molecular formula is C17H25N3O4. The summed E-state index contributed by atoms with van der Waals surface area (Å²) in [7, 11) is 4.85. The van der Waals surface area contributed by atoms with Crippen molar-refractivity contribution in [3.05, 3.63) is 35.9 Å². The minimum absolute atomic E-state index is 0.0876. The normalized spacial score (nSPS) is 12.8. The van der Waals surface area contributed by atoms with Crippen molar-refractivity contribution in [2.45, 2.75) is 19.4 Å². The van der Waals surface area contributed by atoms with Gasteiger partial charge in [0.1, 0.15) is 0 Å². The molecule has 0 saturated heterocycles. The van der Waals surface area contributed by atoms with Crippen LogP contribution in [0, 0.1) is 5.92 Å². The molecule has 0 aromatic heterocycles. The number of aliphatic carboxylic acids is 1. The Kier molecular flexibility index (Phi) is 7.23. The minimum Gasteiger partial charge on any atom is -0.481 e. The van der Waals surface area contributed by atoms with Gasteiger partial charge < -0.3 is 20.2 Å². The largest absolute Gasteiger partial charge is 0.481 e. The topological polar surface area (TPSA) is 90.0 Å². The number of rotatable bonds is 7. The Morgan fingerprint density at radius 2 is 1.71 bits per heavy atom. The standard InChI is InChI=1S/C17H25N3O4/c1-12(16(22)23)11-20(4)17(24)18-14(10-15(21)19(2)3)13-8-6-5-7-9-13/h5-9,12,14H,10-11H2,1-4H3,(H,18,24)(H,22,23). The van der Waals surface area contributed by atoms with E-state index in [1.54, 1.807) is 14.1 Å². The highest BCUT2D eigenvalue weighted by atomic mass is 16.4. The van der Waals surface area contributed by atoms with E-state index in [2.05, 4.69) is 5.32 Å². The second-order valence-electron chi connectivity index (χ2n) is 6.02. The van der Waals surface area contributed by atoms with E-state index in [1.165, 1.54) is 23.8 Å². The van der Waals surface area contributed by atoms with Crippen LogP contribution in [0.1, 0.15) is 24.9 Å². The monoisotopic (exact) mass is 335 g/mol. The summed E-state index contributed by atoms with van der Waals surface area (Å²) < 4.78 is 0. The first-order chi connectivity index (χ1) is 11.2. The van der Waals surface area contributed by atoms with Crippen molar-refractivity contribution in [3.63, 3.8) is 0 Å². The first kappa shape index (κ1) is 19.5. The molecule has 0 aliphatic carbocycles. The molecule has 0 aliphatic heterocycles. The fraction of sp³-hybridized carbons (Fsp3) is 0.471. The number of amides is 3. The zero-order valence-electron chi connectivity index (χ0n) is 14.5. The summed E-state index contributed by atoms with van der Waals surface area (Å²) in [6.45, 7) is 1.63. The number of hydrogen-bond acceptors (Lipinski definition) is 3. The summed E-state index contributed by atoms with van der Waals surface area (Å²) in [4.78, 5) is 38.1. The van der Waals surface area contributed by atoms with E-state index in [0.29, 0.717) is 0 Å². The first-order valence-corrected chi connectivity index (χ1v) is 7.72. The fourth-order valence-electron chi connectivity index (χ4n) is 2.13. The molecule has 2 unspecified atom stereocenters. The maximum Gasteiger partial charge on any atom is 0.317 e. The molecule has 0 heterocycles. The zero-order valence-corrected chi connectivity index (χ0v) is 14.5. The Balaban J connectivity index is 2.82. The van der Waals surface area contributed by atoms with Gasteiger partial charge in [0.15, 0.2) is 0 Å². The number of carboxylic acids is 1. The Bertz CT molecular complexity index is 574. The van der Waals surface area contributed by atoms with Crippen LogP contribution in [0.3, 0.4) is 0 Å². The summed E-state index contributed by atoms with van der Waals surface area (Å²) in [6.07, 6.45) is 0.130. The molecule has 0 aliphatic rings. The molecule has 7 heteroatoms. The Morgan fingerprint density at radius 3 is 2.21 bits per heavy atom. The first-order valence-electron chi connectivity index (χ1n) is 7.72. The van der Waals surface area contributed by atoms with E-state index in [-0.39, 0.29) is 18.9 Å². The second kappa shape index (κ2) is 8.90. The van der Waals surface area contributed by atoms with E-state index in [1.807, 2.05) is 30.3 Å². The fourth-order valence-corrected chi connectivity index (χ4v) is 2.13. The number of carboxylic acid groups (broad SMARTS) is 1. The van der Waals surface area contributed by atoms with Gasteiger partial charge in [-0.25, -0.2) is 4.79 Å². The summed E-state index contributed by atoms with van der Waals surface area (Å²) in [5.74, 6) is -1.73. The van der Waals surface area contributed by atoms with E-state index in [4.69, 9.17) is 5.11 Å². The molecule has 7 nitrogen and oxygen atoms in total. The molecule has 2 atom stereocenters. The molecule has 0 spiro atoms. The molecule has 1 aromatic rings. The second-order valence-corrected chi connectivity index (χ2v) is 6.02. The van der Waals surface area contributed by atoms with Gasteiger partial charge in [-0.2, -0.15) is 0 Å². The van der Waals surface area contributed by atoms with Crippen molar-refractivity contribution in [3.8, 4) is 0 Å². The van der Waals surface area contributed by atoms with Gasteiger partial charge in [-0.15, -0.1) is 0 Å². The van der Waals surface area contributed by atoms with Crippen LogP contribution in [0.2, 0.25) is 0 Å². The van der Waals surface area contributed by atoms with Crippen molar-refractivity contribution in [1.82, 2.24) is 15.1 Å². The van der Waals surface area contributed by atoms with Crippen LogP contribution in [-0.4, -0.2) is 60.5 Å². The van der Waals surface area contributed by atoms with Gasteiger partial charge in [0.2, 0.25) is 5.91 Å². The molecule has 2 N–H and O–H groups in total. The lowest BCUT2D eigenvalue weighted by molar-refractivity contribution is -0.141. The summed E-state index contributed by atoms with van der Waals surface area (Å²) in [5, 5.41) is 11.8. The third-order valence-electron chi connectivity index (χ3n) is 3.69. The Morgan fingerprint density at radius 1 is 1.12 bits per heavy atom. The van der Waals surface area contributed by atoms with Gasteiger partial charge in [0.25, 0.3) is 0 Å². The number of nitrogens with zero attached hydrogens (tertiary/aromatic N) is 2. The van der Waals surface area contributed by atoms with Crippen molar-refractivity contribution >= 4 is 17.9 Å². The Hall–Kier alpha value is -2.57. The van der Waals surface area contributed by atoms with Crippen LogP contribution < -0.4 is 5.32 Å². The minimum atomic E-state index is -0.961. The lowest BCUT2D eigenvalue weighted by Gasteiger charge is -2.25. The van der Waals surface area contributed by atoms with Crippen molar-refractivity contribution in [2.75, 3.05) is 27.7 Å². The maximum atomic E-state index is 12.3. The van der Waals surface area contributed by atoms with Crippen LogP contribution in [0.25, 0.3) is 0 Å². The lowest BCUT2D eigenvalue weighted by atomic mass is 10.0. The van der Waals surface area contributed by atoms with Crippen molar-refractivity contribution in [1.29, 1.82) is 0 Å². The number of carbonyl (C=O) groups excluding carboxylic acids is 2. The van der Waals surface area contributed by atoms with Crippen LogP contribution in [-0.2, 0) is 9.59 Å². The van der Waals surface area contributed by atoms with Gasteiger partial charge in [-0.3, -0.25) is 9.59 Å². The predicted octanol–water partition coefficient (Wildman–Crippen LogP) is 1.57. The quantitative estimate of drug-likeness (QED) is 0.791. The number of urea groups is 1. The highest BCUT2D eigenvalue weighted by Crippen LogP contribution is 2.18. The van der Waals surface area contributed by atoms with Gasteiger partial charge in [-0.05, 0) is 5.56 Å². The molecule has 0 saturated carbocycles. The average molecular weight is 335 g/mol. The van der Waals surface area contributed by atoms with E-state index < -0.39 is 24.0 Å². The molecule has 0 fully saturated rings. The van der Waals surface area contributed by atoms with Gasteiger partial charge in [0.05, 0.1) is 18.4 Å². The highest BCUT2D eigenvalue weighted by Gasteiger charge is 2.23. The predicted molar refractivity (Wildman–Crippen MR) is 90.5 cm³/mol. The molecule has 0 radical (unpaired) electrons. The number of carbonyl (C=O) groups is 3. The SMILES string of the molecule is CC(CN(C)C(=O)NC(CC(=O)N(C)C)c1ccccc1)C(=O)O. The molecule has 1 aromatic carbocycles. The highest BCUT2D eigenvalue weighted by molar-refractivity contribution is 5.79. The smallest absolute Gasteiger partial charge is 0.317 e. The molecule has 0 bridgehead atoms. The van der Waals surface area contributed by atoms with Gasteiger partial charge in [-0.1, -0.05) is 37.3 Å². The van der Waals surface area contributed by atoms with E-state index in [9.17, 15) is 14.4 Å². The number of nitrogens with one attached hydrogen (secondary N) is 1. The van der Waals surface area contributed by atoms with Crippen molar-refractivity contribution < 1.29 is 19.5 Å². The van der Waals surface area contributed by atoms with Crippen LogP contribution >= 0.6 is 0 Å². The number of benzene rings is 1. The van der Waals surface area contributed by atoms with Crippen molar-refractivity contribution in [2.24, 2.45) is 5.92 Å². The van der Waals surface area contributed by atoms with Gasteiger partial charge in [0, 0.05) is 27.7 Å². The van der Waals surface area contributed by atoms with E-state index >= 15 is 0 Å². The molecular weight excluding hydrogens is 310 g/mol. The lowest BCUT2D eigenvalue weighted by Crippen LogP contribution is -2.43. The van der Waals surface area contributed by atoms with Crippen LogP contribution in [0.4, 0.5) is 4.79 Å². The van der Waals surface area contributed by atoms with E-state index in [0.717, 1.165) is 5.56 Å². The third-order valence-corrected chi connectivity index (χ3v) is 3.69. The molecule has 24 heavy (non-hydrogen) atoms. The van der Waals surface area contributed by atoms with Crippen LogP contribution in [0.15, 0.2) is 30.3 Å². The Labute approximate surface area is 142 Å². The molecule has 3 amide bonds. The molecule has 1 rings (SSSR count). The summed E-state index contributed by atoms with van der Waals surface area (Å²) in [6, 6.07) is 8.33. The average Bonchev–Trinajstić information content (AvgIpc) is 2.54. The summed E-state index contributed by atoms with van der Waals surface area (Å²) in [5.41, 5.74) is 0.820. The van der Waals surface area contributed by atoms with Gasteiger partial charge >= 0.3 is 12.0 Å². The van der Waals surface area contributed by atoms with Crippen LogP contribution in [0.5, 0.6) is 0 Å². The summed E-state index contributed by atoms with van der Waals surface area (Å²) >= 11 is 0. The number of hydrogen-bond donors (Lipinski definition) is 2. The third kappa shape index (κ3) is 5.91.